The first-order valence-electron chi connectivity index (χ1n) is 4.90. The Balaban J connectivity index is 0. The van der Waals surface area contributed by atoms with E-state index in [9.17, 15) is 13.3 Å². The van der Waals surface area contributed by atoms with E-state index < -0.39 is 19.7 Å². The minimum atomic E-state index is -4.34. The predicted octanol–water partition coefficient (Wildman–Crippen LogP) is 3.01. The van der Waals surface area contributed by atoms with Gasteiger partial charge in [-0.15, -0.1) is 12.4 Å². The van der Waals surface area contributed by atoms with E-state index in [4.69, 9.17) is 5.73 Å². The van der Waals surface area contributed by atoms with E-state index in [0.717, 1.165) is 0 Å². The van der Waals surface area contributed by atoms with Gasteiger partial charge in [-0.05, 0) is 26.8 Å². The van der Waals surface area contributed by atoms with Crippen molar-refractivity contribution in [3.8, 4) is 0 Å². The molecule has 8 heteroatoms. The molecule has 0 aliphatic heterocycles. The van der Waals surface area contributed by atoms with E-state index in [2.05, 4.69) is 9.05 Å². The number of hydrogen-bond acceptors (Lipinski definition) is 4. The standard InChI is InChI=1S/C8H18F2NO3P.ClH/c1-3-13-15(12,14-4-2)8(9,10)6-5-7-11;/h3-7,11H2,1-2H3;1H. The van der Waals surface area contributed by atoms with Crippen molar-refractivity contribution in [1.29, 1.82) is 0 Å². The molecule has 100 valence electrons. The molecule has 0 aromatic rings. The van der Waals surface area contributed by atoms with Gasteiger partial charge >= 0.3 is 13.3 Å². The Morgan fingerprint density at radius 3 is 2.00 bits per heavy atom. The maximum absolute atomic E-state index is 13.5. The van der Waals surface area contributed by atoms with E-state index in [1.165, 1.54) is 13.8 Å². The molecule has 0 aliphatic carbocycles. The first-order chi connectivity index (χ1) is 6.93. The minimum absolute atomic E-state index is 0. The van der Waals surface area contributed by atoms with E-state index in [-0.39, 0.29) is 38.6 Å². The van der Waals surface area contributed by atoms with Crippen LogP contribution in [0.1, 0.15) is 26.7 Å². The summed E-state index contributed by atoms with van der Waals surface area (Å²) in [6.07, 6.45) is -0.502. The Morgan fingerprint density at radius 1 is 1.25 bits per heavy atom. The zero-order valence-electron chi connectivity index (χ0n) is 9.45. The summed E-state index contributed by atoms with van der Waals surface area (Å²) in [5.74, 6) is 0. The van der Waals surface area contributed by atoms with Crippen LogP contribution in [-0.4, -0.2) is 25.4 Å². The van der Waals surface area contributed by atoms with E-state index in [1.54, 1.807) is 0 Å². The number of nitrogens with two attached hydrogens (primary N) is 1. The van der Waals surface area contributed by atoms with Gasteiger partial charge in [0.1, 0.15) is 0 Å². The van der Waals surface area contributed by atoms with Crippen molar-refractivity contribution in [2.45, 2.75) is 32.4 Å². The second-order valence-corrected chi connectivity index (χ2v) is 5.06. The molecule has 2 N–H and O–H groups in total. The Morgan fingerprint density at radius 2 is 1.69 bits per heavy atom. The molecule has 0 aromatic heterocycles. The fourth-order valence-electron chi connectivity index (χ4n) is 1.02. The topological polar surface area (TPSA) is 61.5 Å². The van der Waals surface area contributed by atoms with E-state index >= 15 is 0 Å². The predicted molar refractivity (Wildman–Crippen MR) is 61.3 cm³/mol. The third-order valence-corrected chi connectivity index (χ3v) is 3.90. The Bertz CT molecular complexity index is 221. The van der Waals surface area contributed by atoms with Gasteiger partial charge in [0.15, 0.2) is 0 Å². The normalized spacial score (nSPS) is 12.3. The molecule has 0 rings (SSSR count). The molecule has 0 amide bonds. The van der Waals surface area contributed by atoms with Crippen LogP contribution in [0.2, 0.25) is 0 Å². The molecule has 0 atom stereocenters. The van der Waals surface area contributed by atoms with E-state index in [0.29, 0.717) is 0 Å². The average molecular weight is 282 g/mol. The first-order valence-corrected chi connectivity index (χ1v) is 6.45. The van der Waals surface area contributed by atoms with Gasteiger partial charge in [-0.25, -0.2) is 0 Å². The van der Waals surface area contributed by atoms with Gasteiger partial charge in [0.05, 0.1) is 13.2 Å². The summed E-state index contributed by atoms with van der Waals surface area (Å²) in [5.41, 5.74) is 1.66. The van der Waals surface area contributed by atoms with Gasteiger partial charge < -0.3 is 14.8 Å². The molecular formula is C8H19ClF2NO3P. The lowest BCUT2D eigenvalue weighted by Crippen LogP contribution is -2.21. The lowest BCUT2D eigenvalue weighted by molar-refractivity contribution is 0.0305. The summed E-state index contributed by atoms with van der Waals surface area (Å²) >= 11 is 0. The summed E-state index contributed by atoms with van der Waals surface area (Å²) in [4.78, 5) is 0. The molecule has 0 aliphatic rings. The molecule has 16 heavy (non-hydrogen) atoms. The molecule has 0 saturated carbocycles. The molecule has 0 heterocycles. The van der Waals surface area contributed by atoms with Crippen molar-refractivity contribution in [3.05, 3.63) is 0 Å². The molecule has 0 bridgehead atoms. The molecule has 0 unspecified atom stereocenters. The second-order valence-electron chi connectivity index (χ2n) is 2.89. The van der Waals surface area contributed by atoms with Crippen LogP contribution in [0, 0.1) is 0 Å². The highest BCUT2D eigenvalue weighted by Gasteiger charge is 2.52. The highest BCUT2D eigenvalue weighted by molar-refractivity contribution is 7.55. The number of halogens is 3. The second kappa shape index (κ2) is 8.37. The van der Waals surface area contributed by atoms with Crippen molar-refractivity contribution in [2.75, 3.05) is 19.8 Å². The molecule has 0 fully saturated rings. The van der Waals surface area contributed by atoms with Crippen LogP contribution in [0.3, 0.4) is 0 Å². The van der Waals surface area contributed by atoms with Gasteiger partial charge in [0.25, 0.3) is 0 Å². The Hall–Kier alpha value is 0.260. The summed E-state index contributed by atoms with van der Waals surface area (Å²) in [7, 11) is -4.34. The van der Waals surface area contributed by atoms with E-state index in [1.807, 2.05) is 0 Å². The van der Waals surface area contributed by atoms with Crippen molar-refractivity contribution in [3.63, 3.8) is 0 Å². The van der Waals surface area contributed by atoms with Crippen molar-refractivity contribution >= 4 is 20.0 Å². The van der Waals surface area contributed by atoms with Gasteiger partial charge in [-0.1, -0.05) is 0 Å². The Kier molecular flexibility index (Phi) is 9.74. The summed E-state index contributed by atoms with van der Waals surface area (Å²) in [5, 5.41) is 0. The Labute approximate surface area is 101 Å². The first kappa shape index (κ1) is 18.6. The number of hydrogen-bond donors (Lipinski definition) is 1. The highest BCUT2D eigenvalue weighted by Crippen LogP contribution is 2.63. The van der Waals surface area contributed by atoms with Gasteiger partial charge in [-0.3, -0.25) is 4.57 Å². The molecule has 4 nitrogen and oxygen atoms in total. The average Bonchev–Trinajstić information content (AvgIpc) is 2.15. The third-order valence-electron chi connectivity index (χ3n) is 1.68. The van der Waals surface area contributed by atoms with Crippen LogP contribution in [0.4, 0.5) is 8.78 Å². The monoisotopic (exact) mass is 281 g/mol. The van der Waals surface area contributed by atoms with Crippen molar-refractivity contribution in [2.24, 2.45) is 5.73 Å². The molecule has 0 spiro atoms. The lowest BCUT2D eigenvalue weighted by Gasteiger charge is -2.25. The molecule has 0 saturated heterocycles. The summed E-state index contributed by atoms with van der Waals surface area (Å²) < 4.78 is 47.8. The maximum atomic E-state index is 13.5. The van der Waals surface area contributed by atoms with Crippen LogP contribution in [-0.2, 0) is 13.6 Å². The van der Waals surface area contributed by atoms with Gasteiger partial charge in [-0.2, -0.15) is 8.78 Å². The summed E-state index contributed by atoms with van der Waals surface area (Å²) in [6.45, 7) is 2.95. The van der Waals surface area contributed by atoms with Crippen molar-refractivity contribution in [1.82, 2.24) is 0 Å². The van der Waals surface area contributed by atoms with Crippen LogP contribution in [0.5, 0.6) is 0 Å². The van der Waals surface area contributed by atoms with Crippen LogP contribution >= 0.6 is 20.0 Å². The van der Waals surface area contributed by atoms with Crippen LogP contribution in [0.25, 0.3) is 0 Å². The molecular weight excluding hydrogens is 263 g/mol. The third kappa shape index (κ3) is 5.06. The van der Waals surface area contributed by atoms with Crippen LogP contribution in [0.15, 0.2) is 0 Å². The molecule has 0 aromatic carbocycles. The quantitative estimate of drug-likeness (QED) is 0.695. The van der Waals surface area contributed by atoms with Gasteiger partial charge in [0.2, 0.25) is 0 Å². The zero-order chi connectivity index (χ0) is 11.9. The SMILES string of the molecule is CCOP(=O)(OCC)C(F)(F)CCCN.Cl. The smallest absolute Gasteiger partial charge is 0.330 e. The maximum Gasteiger partial charge on any atom is 0.399 e. The lowest BCUT2D eigenvalue weighted by atomic mass is 10.3. The highest BCUT2D eigenvalue weighted by atomic mass is 35.5. The number of rotatable bonds is 8. The number of alkyl halides is 2. The zero-order valence-corrected chi connectivity index (χ0v) is 11.2. The minimum Gasteiger partial charge on any atom is -0.330 e. The summed E-state index contributed by atoms with van der Waals surface area (Å²) in [6, 6.07) is 0. The van der Waals surface area contributed by atoms with Crippen LogP contribution < -0.4 is 5.73 Å². The fraction of sp³-hybridized carbons (Fsp3) is 1.00. The largest absolute Gasteiger partial charge is 0.399 e. The van der Waals surface area contributed by atoms with Gasteiger partial charge in [0, 0.05) is 6.42 Å². The molecule has 0 radical (unpaired) electrons. The van der Waals surface area contributed by atoms with Crippen molar-refractivity contribution < 1.29 is 22.4 Å². The fourth-order valence-corrected chi connectivity index (χ4v) is 2.58.